The summed E-state index contributed by atoms with van der Waals surface area (Å²) >= 11 is 5.98. The Balaban J connectivity index is 2.93. The zero-order valence-electron chi connectivity index (χ0n) is 9.27. The summed E-state index contributed by atoms with van der Waals surface area (Å²) in [5, 5.41) is 13.6. The van der Waals surface area contributed by atoms with E-state index >= 15 is 0 Å². The molecule has 0 spiro atoms. The van der Waals surface area contributed by atoms with Crippen molar-refractivity contribution in [2.24, 2.45) is 0 Å². The highest BCUT2D eigenvalue weighted by Gasteiger charge is 2.15. The summed E-state index contributed by atoms with van der Waals surface area (Å²) in [5.41, 5.74) is 1.29. The van der Waals surface area contributed by atoms with Crippen molar-refractivity contribution in [3.63, 3.8) is 0 Å². The Morgan fingerprint density at radius 3 is 2.50 bits per heavy atom. The highest BCUT2D eigenvalue weighted by molar-refractivity contribution is 7.90. The van der Waals surface area contributed by atoms with Gasteiger partial charge in [-0.25, -0.2) is 8.42 Å². The van der Waals surface area contributed by atoms with Crippen molar-refractivity contribution >= 4 is 21.4 Å². The molecule has 0 unspecified atom stereocenters. The molecule has 0 aliphatic heterocycles. The Hall–Kier alpha value is -0.590. The van der Waals surface area contributed by atoms with Crippen molar-refractivity contribution in [1.82, 2.24) is 9.78 Å². The van der Waals surface area contributed by atoms with Crippen molar-refractivity contribution in [2.45, 2.75) is 26.5 Å². The van der Waals surface area contributed by atoms with Gasteiger partial charge in [0.05, 0.1) is 24.6 Å². The first-order chi connectivity index (χ1) is 7.39. The first kappa shape index (κ1) is 13.5. The van der Waals surface area contributed by atoms with Gasteiger partial charge in [0.1, 0.15) is 15.0 Å². The molecule has 1 aromatic heterocycles. The van der Waals surface area contributed by atoms with E-state index < -0.39 is 9.84 Å². The fourth-order valence-corrected chi connectivity index (χ4v) is 2.16. The largest absolute Gasteiger partial charge is 0.391 e. The van der Waals surface area contributed by atoms with Crippen LogP contribution in [0.3, 0.4) is 0 Å². The minimum atomic E-state index is -3.04. The van der Waals surface area contributed by atoms with Gasteiger partial charge in [-0.1, -0.05) is 18.5 Å². The van der Waals surface area contributed by atoms with Gasteiger partial charge in [-0.05, 0) is 6.42 Å². The van der Waals surface area contributed by atoms with Crippen molar-refractivity contribution in [1.29, 1.82) is 0 Å². The van der Waals surface area contributed by atoms with Gasteiger partial charge in [0.2, 0.25) is 0 Å². The van der Waals surface area contributed by atoms with E-state index in [4.69, 9.17) is 16.7 Å². The SMILES string of the molecule is CCc1nn(CCS(C)(=O)=O)c(Cl)c1CO. The van der Waals surface area contributed by atoms with E-state index in [0.29, 0.717) is 22.8 Å². The smallest absolute Gasteiger partial charge is 0.149 e. The fraction of sp³-hybridized carbons (Fsp3) is 0.667. The fourth-order valence-electron chi connectivity index (χ4n) is 1.37. The molecule has 0 bridgehead atoms. The van der Waals surface area contributed by atoms with Crippen LogP contribution in [0.25, 0.3) is 0 Å². The molecule has 0 radical (unpaired) electrons. The third-order valence-corrected chi connectivity index (χ3v) is 3.58. The monoisotopic (exact) mass is 266 g/mol. The summed E-state index contributed by atoms with van der Waals surface area (Å²) in [6.45, 7) is 1.93. The molecule has 1 N–H and O–H groups in total. The molecule has 0 aliphatic rings. The van der Waals surface area contributed by atoms with Gasteiger partial charge in [-0.15, -0.1) is 0 Å². The maximum Gasteiger partial charge on any atom is 0.149 e. The average Bonchev–Trinajstić information content (AvgIpc) is 2.50. The number of halogens is 1. The Labute approximate surface area is 100.0 Å². The molecule has 1 aromatic rings. The van der Waals surface area contributed by atoms with Gasteiger partial charge in [0.15, 0.2) is 0 Å². The van der Waals surface area contributed by atoms with E-state index in [-0.39, 0.29) is 18.9 Å². The van der Waals surface area contributed by atoms with Crippen LogP contribution in [0.4, 0.5) is 0 Å². The molecule has 5 nitrogen and oxygen atoms in total. The standard InChI is InChI=1S/C9H15ClN2O3S/c1-3-8-7(6-13)9(10)12(11-8)4-5-16(2,14)15/h13H,3-6H2,1-2H3. The Bertz CT molecular complexity index is 467. The molecule has 1 rings (SSSR count). The quantitative estimate of drug-likeness (QED) is 0.849. The lowest BCUT2D eigenvalue weighted by Crippen LogP contribution is -2.12. The summed E-state index contributed by atoms with van der Waals surface area (Å²) in [4.78, 5) is 0. The van der Waals surface area contributed by atoms with Crippen LogP contribution in [0, 0.1) is 0 Å². The second-order valence-corrected chi connectivity index (χ2v) is 6.20. The van der Waals surface area contributed by atoms with Crippen LogP contribution in [0.5, 0.6) is 0 Å². The van der Waals surface area contributed by atoms with Gasteiger partial charge >= 0.3 is 0 Å². The molecule has 0 saturated carbocycles. The summed E-state index contributed by atoms with van der Waals surface area (Å²) < 4.78 is 23.4. The lowest BCUT2D eigenvalue weighted by atomic mass is 10.2. The van der Waals surface area contributed by atoms with Crippen molar-refractivity contribution in [3.05, 3.63) is 16.4 Å². The highest BCUT2D eigenvalue weighted by atomic mass is 35.5. The number of aliphatic hydroxyl groups excluding tert-OH is 1. The number of hydrogen-bond donors (Lipinski definition) is 1. The number of aliphatic hydroxyl groups is 1. The normalized spacial score (nSPS) is 12.0. The van der Waals surface area contributed by atoms with Crippen molar-refractivity contribution < 1.29 is 13.5 Å². The number of sulfone groups is 1. The minimum Gasteiger partial charge on any atom is -0.391 e. The second kappa shape index (κ2) is 5.16. The topological polar surface area (TPSA) is 72.2 Å². The average molecular weight is 267 g/mol. The van der Waals surface area contributed by atoms with E-state index in [0.717, 1.165) is 6.26 Å². The molecule has 0 aromatic carbocycles. The van der Waals surface area contributed by atoms with E-state index in [1.807, 2.05) is 6.92 Å². The molecule has 92 valence electrons. The molecule has 16 heavy (non-hydrogen) atoms. The number of aryl methyl sites for hydroxylation is 2. The zero-order valence-corrected chi connectivity index (χ0v) is 10.8. The van der Waals surface area contributed by atoms with E-state index in [9.17, 15) is 8.42 Å². The molecule has 0 saturated heterocycles. The van der Waals surface area contributed by atoms with E-state index in [1.165, 1.54) is 4.68 Å². The molecular formula is C9H15ClN2O3S. The number of aromatic nitrogens is 2. The summed E-state index contributed by atoms with van der Waals surface area (Å²) in [7, 11) is -3.04. The van der Waals surface area contributed by atoms with E-state index in [1.54, 1.807) is 0 Å². The molecule has 0 atom stereocenters. The third kappa shape index (κ3) is 3.20. The lowest BCUT2D eigenvalue weighted by molar-refractivity contribution is 0.280. The maximum atomic E-state index is 11.0. The van der Waals surface area contributed by atoms with Gasteiger partial charge < -0.3 is 5.11 Å². The van der Waals surface area contributed by atoms with Crippen LogP contribution in [0.15, 0.2) is 0 Å². The number of nitrogens with zero attached hydrogens (tertiary/aromatic N) is 2. The highest BCUT2D eigenvalue weighted by Crippen LogP contribution is 2.20. The molecular weight excluding hydrogens is 252 g/mol. The molecule has 7 heteroatoms. The second-order valence-electron chi connectivity index (χ2n) is 3.58. The number of rotatable bonds is 5. The third-order valence-electron chi connectivity index (χ3n) is 2.23. The maximum absolute atomic E-state index is 11.0. The predicted octanol–water partition coefficient (Wildman–Crippen LogP) is 0.636. The van der Waals surface area contributed by atoms with Crippen LogP contribution in [0.1, 0.15) is 18.2 Å². The van der Waals surface area contributed by atoms with Crippen LogP contribution >= 0.6 is 11.6 Å². The van der Waals surface area contributed by atoms with Gasteiger partial charge in [-0.3, -0.25) is 4.68 Å². The predicted molar refractivity (Wildman–Crippen MR) is 62.2 cm³/mol. The Morgan fingerprint density at radius 1 is 1.50 bits per heavy atom. The Kier molecular flexibility index (Phi) is 4.35. The van der Waals surface area contributed by atoms with Crippen molar-refractivity contribution in [2.75, 3.05) is 12.0 Å². The first-order valence-electron chi connectivity index (χ1n) is 4.91. The van der Waals surface area contributed by atoms with Gasteiger partial charge in [0.25, 0.3) is 0 Å². The number of hydrogen-bond acceptors (Lipinski definition) is 4. The van der Waals surface area contributed by atoms with Crippen LogP contribution in [-0.4, -0.2) is 35.3 Å². The first-order valence-corrected chi connectivity index (χ1v) is 7.35. The molecule has 0 fully saturated rings. The lowest BCUT2D eigenvalue weighted by Gasteiger charge is -2.01. The molecule has 1 heterocycles. The van der Waals surface area contributed by atoms with Crippen LogP contribution < -0.4 is 0 Å². The van der Waals surface area contributed by atoms with Crippen LogP contribution in [-0.2, 0) is 29.4 Å². The Morgan fingerprint density at radius 2 is 2.12 bits per heavy atom. The van der Waals surface area contributed by atoms with Gasteiger partial charge in [0, 0.05) is 11.8 Å². The molecule has 0 amide bonds. The van der Waals surface area contributed by atoms with E-state index in [2.05, 4.69) is 5.10 Å². The molecule has 0 aliphatic carbocycles. The van der Waals surface area contributed by atoms with Gasteiger partial charge in [-0.2, -0.15) is 5.10 Å². The summed E-state index contributed by atoms with van der Waals surface area (Å²) in [6, 6.07) is 0. The zero-order chi connectivity index (χ0) is 12.3. The van der Waals surface area contributed by atoms with Crippen molar-refractivity contribution in [3.8, 4) is 0 Å². The minimum absolute atomic E-state index is 0.0115. The summed E-state index contributed by atoms with van der Waals surface area (Å²) in [6.07, 6.45) is 1.82. The summed E-state index contributed by atoms with van der Waals surface area (Å²) in [5.74, 6) is -0.0115. The van der Waals surface area contributed by atoms with Crippen LogP contribution in [0.2, 0.25) is 5.15 Å².